The van der Waals surface area contributed by atoms with E-state index in [4.69, 9.17) is 9.47 Å². The first-order valence-corrected chi connectivity index (χ1v) is 6.96. The standard InChI is InChI=1S/C15H22N2O4/c1-4-10-17(11-14(18)21-5-2)15(19)16-12-8-6-7-9-13(12)20-3/h6-9H,4-5,10-11H2,1-3H3,(H,16,19). The van der Waals surface area contributed by atoms with Crippen LogP contribution in [-0.4, -0.2) is 43.7 Å². The van der Waals surface area contributed by atoms with Gasteiger partial charge in [-0.25, -0.2) is 4.79 Å². The molecule has 0 fully saturated rings. The van der Waals surface area contributed by atoms with Crippen molar-refractivity contribution in [3.05, 3.63) is 24.3 Å². The van der Waals surface area contributed by atoms with Crippen LogP contribution < -0.4 is 10.1 Å². The van der Waals surface area contributed by atoms with Crippen LogP contribution in [-0.2, 0) is 9.53 Å². The largest absolute Gasteiger partial charge is 0.495 e. The summed E-state index contributed by atoms with van der Waals surface area (Å²) in [6.45, 7) is 4.38. The minimum atomic E-state index is -0.416. The number of nitrogens with one attached hydrogen (secondary N) is 1. The molecule has 0 atom stereocenters. The van der Waals surface area contributed by atoms with Gasteiger partial charge in [-0.2, -0.15) is 0 Å². The number of esters is 1. The topological polar surface area (TPSA) is 67.9 Å². The van der Waals surface area contributed by atoms with Crippen LogP contribution in [0.4, 0.5) is 10.5 Å². The number of hydrogen-bond acceptors (Lipinski definition) is 4. The zero-order valence-corrected chi connectivity index (χ0v) is 12.7. The molecule has 0 spiro atoms. The van der Waals surface area contributed by atoms with Gasteiger partial charge in [-0.05, 0) is 25.5 Å². The van der Waals surface area contributed by atoms with Crippen molar-refractivity contribution in [2.24, 2.45) is 0 Å². The fraction of sp³-hybridized carbons (Fsp3) is 0.467. The maximum atomic E-state index is 12.3. The summed E-state index contributed by atoms with van der Waals surface area (Å²) in [5.41, 5.74) is 0.565. The van der Waals surface area contributed by atoms with Crippen LogP contribution in [0.3, 0.4) is 0 Å². The molecule has 0 aliphatic carbocycles. The van der Waals surface area contributed by atoms with Crippen molar-refractivity contribution in [1.82, 2.24) is 4.90 Å². The lowest BCUT2D eigenvalue weighted by Gasteiger charge is -2.22. The van der Waals surface area contributed by atoms with E-state index in [9.17, 15) is 9.59 Å². The van der Waals surface area contributed by atoms with Crippen molar-refractivity contribution in [2.45, 2.75) is 20.3 Å². The highest BCUT2D eigenvalue weighted by Crippen LogP contribution is 2.23. The molecule has 1 rings (SSSR count). The predicted octanol–water partition coefficient (Wildman–Crippen LogP) is 2.50. The molecule has 0 heterocycles. The highest BCUT2D eigenvalue weighted by Gasteiger charge is 2.18. The highest BCUT2D eigenvalue weighted by molar-refractivity contribution is 5.92. The minimum absolute atomic E-state index is 0.0668. The summed E-state index contributed by atoms with van der Waals surface area (Å²) in [5, 5.41) is 2.75. The molecule has 2 amide bonds. The van der Waals surface area contributed by atoms with Gasteiger partial charge in [-0.1, -0.05) is 19.1 Å². The second-order valence-corrected chi connectivity index (χ2v) is 4.36. The molecule has 6 heteroatoms. The summed E-state index contributed by atoms with van der Waals surface area (Å²) in [7, 11) is 1.54. The summed E-state index contributed by atoms with van der Waals surface area (Å²) in [5.74, 6) is 0.152. The summed E-state index contributed by atoms with van der Waals surface area (Å²) in [6.07, 6.45) is 0.749. The lowest BCUT2D eigenvalue weighted by molar-refractivity contribution is -0.143. The summed E-state index contributed by atoms with van der Waals surface area (Å²) in [6, 6.07) is 6.76. The molecule has 21 heavy (non-hydrogen) atoms. The number of rotatable bonds is 7. The van der Waals surface area contributed by atoms with Gasteiger partial charge in [0.15, 0.2) is 0 Å². The Kier molecular flexibility index (Phi) is 7.08. The third kappa shape index (κ3) is 5.33. The van der Waals surface area contributed by atoms with E-state index in [1.54, 1.807) is 25.1 Å². The zero-order chi connectivity index (χ0) is 15.7. The predicted molar refractivity (Wildman–Crippen MR) is 80.5 cm³/mol. The Labute approximate surface area is 125 Å². The van der Waals surface area contributed by atoms with Crippen LogP contribution in [0.2, 0.25) is 0 Å². The number of methoxy groups -OCH3 is 1. The van der Waals surface area contributed by atoms with Crippen LogP contribution >= 0.6 is 0 Å². The molecule has 116 valence electrons. The second-order valence-electron chi connectivity index (χ2n) is 4.36. The summed E-state index contributed by atoms with van der Waals surface area (Å²) >= 11 is 0. The maximum absolute atomic E-state index is 12.3. The molecule has 0 saturated carbocycles. The van der Waals surface area contributed by atoms with Gasteiger partial charge in [0.1, 0.15) is 12.3 Å². The number of anilines is 1. The Morgan fingerprint density at radius 2 is 1.95 bits per heavy atom. The van der Waals surface area contributed by atoms with Gasteiger partial charge in [-0.15, -0.1) is 0 Å². The number of carbonyl (C=O) groups is 2. The van der Waals surface area contributed by atoms with Gasteiger partial charge in [-0.3, -0.25) is 4.79 Å². The summed E-state index contributed by atoms with van der Waals surface area (Å²) in [4.78, 5) is 25.2. The fourth-order valence-corrected chi connectivity index (χ4v) is 1.83. The first-order chi connectivity index (χ1) is 10.1. The molecule has 0 aliphatic heterocycles. The van der Waals surface area contributed by atoms with Crippen molar-refractivity contribution in [2.75, 3.05) is 32.1 Å². The third-order valence-electron chi connectivity index (χ3n) is 2.75. The Balaban J connectivity index is 2.74. The Hall–Kier alpha value is -2.24. The normalized spacial score (nSPS) is 9.86. The van der Waals surface area contributed by atoms with Gasteiger partial charge in [0.05, 0.1) is 19.4 Å². The molecule has 0 bridgehead atoms. The van der Waals surface area contributed by atoms with Crippen molar-refractivity contribution in [3.63, 3.8) is 0 Å². The molecule has 6 nitrogen and oxygen atoms in total. The number of carbonyl (C=O) groups excluding carboxylic acids is 2. The average Bonchev–Trinajstić information content (AvgIpc) is 2.47. The second kappa shape index (κ2) is 8.84. The Bertz CT molecular complexity index is 476. The Morgan fingerprint density at radius 3 is 2.57 bits per heavy atom. The Morgan fingerprint density at radius 1 is 1.24 bits per heavy atom. The molecule has 1 aromatic rings. The molecule has 0 aromatic heterocycles. The van der Waals surface area contributed by atoms with Crippen LogP contribution in [0.25, 0.3) is 0 Å². The minimum Gasteiger partial charge on any atom is -0.495 e. The monoisotopic (exact) mass is 294 g/mol. The molecule has 0 radical (unpaired) electrons. The van der Waals surface area contributed by atoms with Crippen LogP contribution in [0.5, 0.6) is 5.75 Å². The maximum Gasteiger partial charge on any atom is 0.325 e. The molecule has 1 aromatic carbocycles. The van der Waals surface area contributed by atoms with Crippen LogP contribution in [0.15, 0.2) is 24.3 Å². The van der Waals surface area contributed by atoms with Gasteiger partial charge >= 0.3 is 12.0 Å². The van der Waals surface area contributed by atoms with Gasteiger partial charge in [0.25, 0.3) is 0 Å². The van der Waals surface area contributed by atoms with Crippen LogP contribution in [0.1, 0.15) is 20.3 Å². The lowest BCUT2D eigenvalue weighted by Crippen LogP contribution is -2.39. The van der Waals surface area contributed by atoms with E-state index in [1.807, 2.05) is 13.0 Å². The number of ether oxygens (including phenoxy) is 2. The van der Waals surface area contributed by atoms with E-state index in [0.29, 0.717) is 24.6 Å². The molecule has 0 unspecified atom stereocenters. The van der Waals surface area contributed by atoms with E-state index in [1.165, 1.54) is 12.0 Å². The van der Waals surface area contributed by atoms with Crippen molar-refractivity contribution >= 4 is 17.7 Å². The number of para-hydroxylation sites is 2. The molecular weight excluding hydrogens is 272 g/mol. The average molecular weight is 294 g/mol. The van der Waals surface area contributed by atoms with Crippen molar-refractivity contribution < 1.29 is 19.1 Å². The number of hydrogen-bond donors (Lipinski definition) is 1. The third-order valence-corrected chi connectivity index (χ3v) is 2.75. The molecular formula is C15H22N2O4. The number of amides is 2. The van der Waals surface area contributed by atoms with E-state index in [0.717, 1.165) is 6.42 Å². The zero-order valence-electron chi connectivity index (χ0n) is 12.7. The fourth-order valence-electron chi connectivity index (χ4n) is 1.83. The van der Waals surface area contributed by atoms with Crippen molar-refractivity contribution in [3.8, 4) is 5.75 Å². The SMILES string of the molecule is CCCN(CC(=O)OCC)C(=O)Nc1ccccc1OC. The van der Waals surface area contributed by atoms with E-state index < -0.39 is 5.97 Å². The number of benzene rings is 1. The smallest absolute Gasteiger partial charge is 0.325 e. The van der Waals surface area contributed by atoms with E-state index >= 15 is 0 Å². The van der Waals surface area contributed by atoms with E-state index in [-0.39, 0.29) is 12.6 Å². The number of nitrogens with zero attached hydrogens (tertiary/aromatic N) is 1. The van der Waals surface area contributed by atoms with Crippen LogP contribution in [0, 0.1) is 0 Å². The first-order valence-electron chi connectivity index (χ1n) is 6.96. The molecule has 1 N–H and O–H groups in total. The molecule has 0 aliphatic rings. The van der Waals surface area contributed by atoms with Gasteiger partial charge in [0.2, 0.25) is 0 Å². The van der Waals surface area contributed by atoms with Gasteiger partial charge in [0, 0.05) is 6.54 Å². The first kappa shape index (κ1) is 16.8. The quantitative estimate of drug-likeness (QED) is 0.785. The van der Waals surface area contributed by atoms with Gasteiger partial charge < -0.3 is 19.7 Å². The van der Waals surface area contributed by atoms with E-state index in [2.05, 4.69) is 5.32 Å². The number of urea groups is 1. The summed E-state index contributed by atoms with van der Waals surface area (Å²) < 4.78 is 10.1. The molecule has 0 saturated heterocycles. The highest BCUT2D eigenvalue weighted by atomic mass is 16.5. The lowest BCUT2D eigenvalue weighted by atomic mass is 10.3. The van der Waals surface area contributed by atoms with Crippen molar-refractivity contribution in [1.29, 1.82) is 0 Å².